The summed E-state index contributed by atoms with van der Waals surface area (Å²) >= 11 is 1.62. The minimum absolute atomic E-state index is 0.308. The van der Waals surface area contributed by atoms with Crippen molar-refractivity contribution in [2.75, 3.05) is 6.61 Å². The summed E-state index contributed by atoms with van der Waals surface area (Å²) in [5, 5.41) is 0. The van der Waals surface area contributed by atoms with Crippen molar-refractivity contribution in [3.63, 3.8) is 0 Å². The molecular formula is C9H11NO2S. The Bertz CT molecular complexity index is 357. The lowest BCUT2D eigenvalue weighted by molar-refractivity contribution is 0.0989. The second kappa shape index (κ2) is 3.12. The van der Waals surface area contributed by atoms with Gasteiger partial charge in [-0.2, -0.15) is 0 Å². The summed E-state index contributed by atoms with van der Waals surface area (Å²) in [6.07, 6.45) is 0.817. The molecule has 70 valence electrons. The number of aryl methyl sites for hydroxylation is 1. The van der Waals surface area contributed by atoms with E-state index < -0.39 is 0 Å². The molecule has 1 aliphatic rings. The zero-order valence-electron chi connectivity index (χ0n) is 7.42. The Kier molecular flexibility index (Phi) is 2.09. The van der Waals surface area contributed by atoms with Crippen molar-refractivity contribution >= 4 is 17.2 Å². The number of rotatable bonds is 1. The summed E-state index contributed by atoms with van der Waals surface area (Å²) < 4.78 is 5.30. The van der Waals surface area contributed by atoms with Gasteiger partial charge in [0.05, 0.1) is 18.8 Å². The van der Waals surface area contributed by atoms with Crippen LogP contribution in [0.4, 0.5) is 0 Å². The van der Waals surface area contributed by atoms with Gasteiger partial charge in [-0.05, 0) is 18.9 Å². The minimum atomic E-state index is -0.308. The highest BCUT2D eigenvalue weighted by molar-refractivity contribution is 7.12. The van der Waals surface area contributed by atoms with Crippen molar-refractivity contribution in [3.05, 3.63) is 20.9 Å². The summed E-state index contributed by atoms with van der Waals surface area (Å²) in [6, 6.07) is 0. The third-order valence-electron chi connectivity index (χ3n) is 2.24. The van der Waals surface area contributed by atoms with Gasteiger partial charge < -0.3 is 10.5 Å². The molecule has 1 aromatic rings. The lowest BCUT2D eigenvalue weighted by Crippen LogP contribution is -2.16. The standard InChI is InChI=1S/C9H11NO2S/c1-5-8(9(10)11)6-2-3-12-4-7(6)13-5/h2-4H2,1H3,(H2,10,11). The highest BCUT2D eigenvalue weighted by Crippen LogP contribution is 2.31. The van der Waals surface area contributed by atoms with Crippen molar-refractivity contribution in [1.29, 1.82) is 0 Å². The lowest BCUT2D eigenvalue weighted by Gasteiger charge is -2.12. The second-order valence-corrected chi connectivity index (χ2v) is 4.41. The number of carbonyl (C=O) groups is 1. The van der Waals surface area contributed by atoms with E-state index in [4.69, 9.17) is 10.5 Å². The first kappa shape index (κ1) is 8.72. The van der Waals surface area contributed by atoms with Gasteiger partial charge in [-0.1, -0.05) is 0 Å². The van der Waals surface area contributed by atoms with Crippen LogP contribution in [-0.4, -0.2) is 12.5 Å². The SMILES string of the molecule is Cc1sc2c(c1C(N)=O)CCOC2. The first-order valence-corrected chi connectivity index (χ1v) is 5.00. The molecule has 2 rings (SSSR count). The van der Waals surface area contributed by atoms with E-state index in [1.54, 1.807) is 11.3 Å². The van der Waals surface area contributed by atoms with Crippen molar-refractivity contribution in [2.24, 2.45) is 5.73 Å². The van der Waals surface area contributed by atoms with Crippen LogP contribution in [0.25, 0.3) is 0 Å². The molecule has 1 aliphatic heterocycles. The third kappa shape index (κ3) is 1.36. The summed E-state index contributed by atoms with van der Waals surface area (Å²) in [5.74, 6) is -0.308. The molecule has 1 aromatic heterocycles. The van der Waals surface area contributed by atoms with Crippen LogP contribution in [0.3, 0.4) is 0 Å². The predicted molar refractivity (Wildman–Crippen MR) is 50.9 cm³/mol. The molecule has 1 amide bonds. The number of primary amides is 1. The maximum Gasteiger partial charge on any atom is 0.250 e. The molecule has 3 nitrogen and oxygen atoms in total. The molecule has 0 atom stereocenters. The topological polar surface area (TPSA) is 52.3 Å². The van der Waals surface area contributed by atoms with Gasteiger partial charge in [-0.15, -0.1) is 11.3 Å². The quantitative estimate of drug-likeness (QED) is 0.736. The molecule has 0 aliphatic carbocycles. The van der Waals surface area contributed by atoms with E-state index >= 15 is 0 Å². The van der Waals surface area contributed by atoms with Crippen LogP contribution in [-0.2, 0) is 17.8 Å². The smallest absolute Gasteiger partial charge is 0.250 e. The highest BCUT2D eigenvalue weighted by Gasteiger charge is 2.21. The van der Waals surface area contributed by atoms with E-state index in [-0.39, 0.29) is 5.91 Å². The van der Waals surface area contributed by atoms with E-state index in [0.717, 1.165) is 27.3 Å². The third-order valence-corrected chi connectivity index (χ3v) is 3.36. The van der Waals surface area contributed by atoms with Crippen LogP contribution in [0, 0.1) is 6.92 Å². The Hall–Kier alpha value is -0.870. The molecule has 13 heavy (non-hydrogen) atoms. The summed E-state index contributed by atoms with van der Waals surface area (Å²) in [6.45, 7) is 3.26. The van der Waals surface area contributed by atoms with Crippen molar-refractivity contribution in [3.8, 4) is 0 Å². The largest absolute Gasteiger partial charge is 0.376 e. The summed E-state index contributed by atoms with van der Waals surface area (Å²) in [4.78, 5) is 13.3. The van der Waals surface area contributed by atoms with Gasteiger partial charge in [0, 0.05) is 9.75 Å². The van der Waals surface area contributed by atoms with Crippen LogP contribution in [0.5, 0.6) is 0 Å². The van der Waals surface area contributed by atoms with Gasteiger partial charge in [-0.25, -0.2) is 0 Å². The summed E-state index contributed by atoms with van der Waals surface area (Å²) in [5.41, 5.74) is 7.15. The molecule has 0 unspecified atom stereocenters. The number of hydrogen-bond donors (Lipinski definition) is 1. The predicted octanol–water partition coefficient (Wildman–Crippen LogP) is 1.23. The Morgan fingerprint density at radius 2 is 2.38 bits per heavy atom. The zero-order chi connectivity index (χ0) is 9.42. The molecule has 0 fully saturated rings. The fraction of sp³-hybridized carbons (Fsp3) is 0.444. The van der Waals surface area contributed by atoms with Gasteiger partial charge in [-0.3, -0.25) is 4.79 Å². The van der Waals surface area contributed by atoms with E-state index in [2.05, 4.69) is 0 Å². The number of thiophene rings is 1. The number of hydrogen-bond acceptors (Lipinski definition) is 3. The molecule has 0 radical (unpaired) electrons. The highest BCUT2D eigenvalue weighted by atomic mass is 32.1. The first-order chi connectivity index (χ1) is 6.20. The number of carbonyl (C=O) groups excluding carboxylic acids is 1. The normalized spacial score (nSPS) is 15.5. The Morgan fingerprint density at radius 1 is 1.62 bits per heavy atom. The van der Waals surface area contributed by atoms with Crippen LogP contribution in [0.1, 0.15) is 25.7 Å². The molecular weight excluding hydrogens is 186 g/mol. The van der Waals surface area contributed by atoms with Crippen LogP contribution < -0.4 is 5.73 Å². The minimum Gasteiger partial charge on any atom is -0.376 e. The van der Waals surface area contributed by atoms with E-state index in [0.29, 0.717) is 13.2 Å². The van der Waals surface area contributed by atoms with Crippen molar-refractivity contribution in [2.45, 2.75) is 20.0 Å². The van der Waals surface area contributed by atoms with Crippen LogP contribution in [0.2, 0.25) is 0 Å². The fourth-order valence-corrected chi connectivity index (χ4v) is 2.86. The molecule has 4 heteroatoms. The molecule has 0 spiro atoms. The van der Waals surface area contributed by atoms with Crippen molar-refractivity contribution < 1.29 is 9.53 Å². The molecule has 2 heterocycles. The molecule has 0 aromatic carbocycles. The Morgan fingerprint density at radius 3 is 3.08 bits per heavy atom. The number of ether oxygens (including phenoxy) is 1. The second-order valence-electron chi connectivity index (χ2n) is 3.10. The van der Waals surface area contributed by atoms with E-state index in [1.807, 2.05) is 6.92 Å². The number of nitrogens with two attached hydrogens (primary N) is 1. The average Bonchev–Trinajstić information content (AvgIpc) is 2.39. The lowest BCUT2D eigenvalue weighted by atomic mass is 10.0. The van der Waals surface area contributed by atoms with Crippen LogP contribution >= 0.6 is 11.3 Å². The van der Waals surface area contributed by atoms with Gasteiger partial charge in [0.1, 0.15) is 0 Å². The Labute approximate surface area is 80.5 Å². The fourth-order valence-electron chi connectivity index (χ4n) is 1.69. The van der Waals surface area contributed by atoms with Crippen LogP contribution in [0.15, 0.2) is 0 Å². The molecule has 2 N–H and O–H groups in total. The van der Waals surface area contributed by atoms with Gasteiger partial charge in [0.2, 0.25) is 5.91 Å². The molecule has 0 bridgehead atoms. The maximum absolute atomic E-state index is 11.1. The van der Waals surface area contributed by atoms with E-state index in [9.17, 15) is 4.79 Å². The average molecular weight is 197 g/mol. The monoisotopic (exact) mass is 197 g/mol. The number of fused-ring (bicyclic) bond motifs is 1. The first-order valence-electron chi connectivity index (χ1n) is 4.19. The van der Waals surface area contributed by atoms with Gasteiger partial charge in [0.15, 0.2) is 0 Å². The van der Waals surface area contributed by atoms with Crippen molar-refractivity contribution in [1.82, 2.24) is 0 Å². The van der Waals surface area contributed by atoms with Gasteiger partial charge >= 0.3 is 0 Å². The molecule has 0 saturated heterocycles. The Balaban J connectivity index is 2.54. The van der Waals surface area contributed by atoms with E-state index in [1.165, 1.54) is 0 Å². The zero-order valence-corrected chi connectivity index (χ0v) is 8.24. The summed E-state index contributed by atoms with van der Waals surface area (Å²) in [7, 11) is 0. The molecule has 0 saturated carbocycles. The number of amides is 1. The maximum atomic E-state index is 11.1. The van der Waals surface area contributed by atoms with Gasteiger partial charge in [0.25, 0.3) is 0 Å².